The van der Waals surface area contributed by atoms with Crippen LogP contribution >= 0.6 is 0 Å². The second-order valence-corrected chi connectivity index (χ2v) is 7.76. The van der Waals surface area contributed by atoms with Crippen LogP contribution in [0, 0.1) is 0 Å². The number of amides is 1. The van der Waals surface area contributed by atoms with Crippen molar-refractivity contribution in [1.82, 2.24) is 15.1 Å². The first-order chi connectivity index (χ1) is 13.1. The van der Waals surface area contributed by atoms with Gasteiger partial charge in [0.2, 0.25) is 5.91 Å². The highest BCUT2D eigenvalue weighted by molar-refractivity contribution is 5.89. The zero-order valence-corrected chi connectivity index (χ0v) is 16.3. The number of hydrogen-bond donors (Lipinski definition) is 1. The number of nitrogens with zero attached hydrogens (tertiary/aromatic N) is 2. The molecule has 4 rings (SSSR count). The highest BCUT2D eigenvalue weighted by Gasteiger charge is 2.51. The second-order valence-electron chi connectivity index (χ2n) is 7.76. The van der Waals surface area contributed by atoms with Gasteiger partial charge in [0, 0.05) is 33.2 Å². The van der Waals surface area contributed by atoms with Crippen LogP contribution in [0.15, 0.2) is 54.6 Å². The van der Waals surface area contributed by atoms with Crippen molar-refractivity contribution in [1.29, 1.82) is 0 Å². The van der Waals surface area contributed by atoms with E-state index in [1.54, 1.807) is 0 Å². The summed E-state index contributed by atoms with van der Waals surface area (Å²) < 4.78 is 0. The quantitative estimate of drug-likeness (QED) is 0.907. The van der Waals surface area contributed by atoms with Crippen molar-refractivity contribution < 1.29 is 4.79 Å². The van der Waals surface area contributed by atoms with Gasteiger partial charge in [-0.3, -0.25) is 9.69 Å². The minimum atomic E-state index is -0.531. The predicted octanol–water partition coefficient (Wildman–Crippen LogP) is 2.95. The van der Waals surface area contributed by atoms with Gasteiger partial charge in [-0.2, -0.15) is 0 Å². The molecule has 1 N–H and O–H groups in total. The van der Waals surface area contributed by atoms with Gasteiger partial charge in [-0.15, -0.1) is 0 Å². The molecule has 4 nitrogen and oxygen atoms in total. The number of carbonyl (C=O) groups is 1. The lowest BCUT2D eigenvalue weighted by Gasteiger charge is -2.45. The maximum atomic E-state index is 14.0. The minimum absolute atomic E-state index is 0.0475. The lowest BCUT2D eigenvalue weighted by Crippen LogP contribution is -2.60. The maximum absolute atomic E-state index is 14.0. The molecule has 1 fully saturated rings. The molecule has 1 aliphatic carbocycles. The van der Waals surface area contributed by atoms with Gasteiger partial charge in [0.15, 0.2) is 0 Å². The molecule has 1 heterocycles. The Morgan fingerprint density at radius 3 is 2.48 bits per heavy atom. The number of fused-ring (bicyclic) bond motifs is 1. The summed E-state index contributed by atoms with van der Waals surface area (Å²) in [5, 5.41) is 3.43. The smallest absolute Gasteiger partial charge is 0.247 e. The number of nitrogens with one attached hydrogen (secondary N) is 1. The molecule has 2 aromatic rings. The van der Waals surface area contributed by atoms with Crippen molar-refractivity contribution in [2.75, 3.05) is 33.2 Å². The van der Waals surface area contributed by atoms with Crippen LogP contribution in [0.4, 0.5) is 0 Å². The average Bonchev–Trinajstić information content (AvgIpc) is 3.14. The topological polar surface area (TPSA) is 35.6 Å². The Bertz CT molecular complexity index is 800. The van der Waals surface area contributed by atoms with E-state index in [-0.39, 0.29) is 11.9 Å². The van der Waals surface area contributed by atoms with E-state index in [4.69, 9.17) is 0 Å². The molecule has 2 aliphatic rings. The van der Waals surface area contributed by atoms with E-state index >= 15 is 0 Å². The number of likely N-dealkylation sites (N-methyl/N-ethyl adjacent to an activating group) is 1. The Hall–Kier alpha value is -2.17. The number of hydrogen-bond acceptors (Lipinski definition) is 3. The van der Waals surface area contributed by atoms with Gasteiger partial charge in [0.05, 0.1) is 6.04 Å². The lowest BCUT2D eigenvalue weighted by atomic mass is 9.86. The third kappa shape index (κ3) is 3.07. The van der Waals surface area contributed by atoms with Crippen molar-refractivity contribution in [3.05, 3.63) is 71.3 Å². The number of carbonyl (C=O) groups excluding carboxylic acids is 1. The van der Waals surface area contributed by atoms with Gasteiger partial charge in [0.25, 0.3) is 0 Å². The summed E-state index contributed by atoms with van der Waals surface area (Å²) in [6.45, 7) is 5.82. The SMILES string of the molecule is C[C@@H](c1ccccc1)N(C)C(=O)[C@@]1(N2CCNCC2)CCc2ccccc21. The molecule has 2 atom stereocenters. The third-order valence-corrected chi connectivity index (χ3v) is 6.41. The molecule has 1 aliphatic heterocycles. The minimum Gasteiger partial charge on any atom is -0.337 e. The fourth-order valence-electron chi connectivity index (χ4n) is 4.75. The van der Waals surface area contributed by atoms with Crippen LogP contribution < -0.4 is 5.32 Å². The summed E-state index contributed by atoms with van der Waals surface area (Å²) >= 11 is 0. The van der Waals surface area contributed by atoms with E-state index in [9.17, 15) is 4.79 Å². The fourth-order valence-corrected chi connectivity index (χ4v) is 4.75. The average molecular weight is 364 g/mol. The zero-order valence-electron chi connectivity index (χ0n) is 16.3. The van der Waals surface area contributed by atoms with Crippen molar-refractivity contribution in [3.8, 4) is 0 Å². The molecule has 0 spiro atoms. The monoisotopic (exact) mass is 363 g/mol. The normalized spacial score (nSPS) is 23.6. The number of aryl methyl sites for hydroxylation is 1. The van der Waals surface area contributed by atoms with E-state index in [1.807, 2.05) is 30.1 Å². The van der Waals surface area contributed by atoms with Crippen LogP contribution in [-0.4, -0.2) is 48.9 Å². The van der Waals surface area contributed by atoms with E-state index in [0.29, 0.717) is 0 Å². The van der Waals surface area contributed by atoms with Gasteiger partial charge in [-0.1, -0.05) is 54.6 Å². The molecule has 0 bridgehead atoms. The van der Waals surface area contributed by atoms with Crippen molar-refractivity contribution >= 4 is 5.91 Å². The zero-order chi connectivity index (χ0) is 18.9. The molecule has 0 aromatic heterocycles. The summed E-state index contributed by atoms with van der Waals surface area (Å²) in [5.74, 6) is 0.228. The van der Waals surface area contributed by atoms with Crippen LogP contribution in [0.2, 0.25) is 0 Å². The molecule has 142 valence electrons. The van der Waals surface area contributed by atoms with E-state index in [0.717, 1.165) is 39.0 Å². The highest BCUT2D eigenvalue weighted by atomic mass is 16.2. The number of piperazine rings is 1. The standard InChI is InChI=1S/C23H29N3O/c1-18(19-8-4-3-5-9-19)25(2)22(27)23(26-16-14-24-15-17-26)13-12-20-10-6-7-11-21(20)23/h3-11,18,24H,12-17H2,1-2H3/t18-,23+/m0/s1. The van der Waals surface area contributed by atoms with E-state index in [2.05, 4.69) is 53.5 Å². The Balaban J connectivity index is 1.72. The molecule has 2 aromatic carbocycles. The molecular formula is C23H29N3O. The van der Waals surface area contributed by atoms with Crippen LogP contribution in [0.25, 0.3) is 0 Å². The largest absolute Gasteiger partial charge is 0.337 e. The molecule has 27 heavy (non-hydrogen) atoms. The number of rotatable bonds is 4. The Kier molecular flexibility index (Phi) is 5.02. The molecule has 0 radical (unpaired) electrons. The van der Waals surface area contributed by atoms with Crippen LogP contribution in [0.5, 0.6) is 0 Å². The molecule has 1 saturated heterocycles. The molecular weight excluding hydrogens is 334 g/mol. The Morgan fingerprint density at radius 1 is 1.07 bits per heavy atom. The summed E-state index contributed by atoms with van der Waals surface area (Å²) in [4.78, 5) is 18.4. The third-order valence-electron chi connectivity index (χ3n) is 6.41. The Labute approximate surface area is 162 Å². The second kappa shape index (κ2) is 7.45. The van der Waals surface area contributed by atoms with Crippen LogP contribution in [0.3, 0.4) is 0 Å². The molecule has 0 unspecified atom stereocenters. The summed E-state index contributed by atoms with van der Waals surface area (Å²) in [6.07, 6.45) is 1.84. The van der Waals surface area contributed by atoms with Crippen molar-refractivity contribution in [2.45, 2.75) is 31.3 Å². The maximum Gasteiger partial charge on any atom is 0.247 e. The first-order valence-electron chi connectivity index (χ1n) is 10.0. The van der Waals surface area contributed by atoms with Crippen molar-refractivity contribution in [3.63, 3.8) is 0 Å². The summed E-state index contributed by atoms with van der Waals surface area (Å²) in [5.41, 5.74) is 3.18. The van der Waals surface area contributed by atoms with Crippen LogP contribution in [-0.2, 0) is 16.8 Å². The molecule has 4 heteroatoms. The van der Waals surface area contributed by atoms with E-state index in [1.165, 1.54) is 16.7 Å². The fraction of sp³-hybridized carbons (Fsp3) is 0.435. The van der Waals surface area contributed by atoms with Gasteiger partial charge in [0.1, 0.15) is 5.54 Å². The summed E-state index contributed by atoms with van der Waals surface area (Å²) in [7, 11) is 1.96. The first kappa shape index (κ1) is 18.2. The molecule has 0 saturated carbocycles. The first-order valence-corrected chi connectivity index (χ1v) is 10.0. The van der Waals surface area contributed by atoms with Crippen LogP contribution in [0.1, 0.15) is 36.1 Å². The lowest BCUT2D eigenvalue weighted by molar-refractivity contribution is -0.147. The highest BCUT2D eigenvalue weighted by Crippen LogP contribution is 2.44. The van der Waals surface area contributed by atoms with Crippen molar-refractivity contribution in [2.24, 2.45) is 0 Å². The molecule has 1 amide bonds. The van der Waals surface area contributed by atoms with Gasteiger partial charge in [-0.25, -0.2) is 0 Å². The van der Waals surface area contributed by atoms with Gasteiger partial charge < -0.3 is 10.2 Å². The summed E-state index contributed by atoms with van der Waals surface area (Å²) in [6, 6.07) is 18.9. The van der Waals surface area contributed by atoms with E-state index < -0.39 is 5.54 Å². The van der Waals surface area contributed by atoms with Gasteiger partial charge in [-0.05, 0) is 36.5 Å². The predicted molar refractivity (Wildman–Crippen MR) is 109 cm³/mol. The Morgan fingerprint density at radius 2 is 1.74 bits per heavy atom. The number of benzene rings is 2. The van der Waals surface area contributed by atoms with Gasteiger partial charge >= 0.3 is 0 Å².